The van der Waals surface area contributed by atoms with Crippen LogP contribution in [0.1, 0.15) is 6.42 Å². The topological polar surface area (TPSA) is 11.4 Å². The number of aryl methyl sites for hydroxylation is 1. The molecule has 0 aliphatic carbocycles. The van der Waals surface area contributed by atoms with Crippen molar-refractivity contribution in [3.63, 3.8) is 0 Å². The van der Waals surface area contributed by atoms with Crippen LogP contribution in [0.5, 0.6) is 0 Å². The molecule has 0 N–H and O–H groups in total. The van der Waals surface area contributed by atoms with Crippen LogP contribution in [0.4, 0.5) is 0 Å². The van der Waals surface area contributed by atoms with Gasteiger partial charge in [0.25, 0.3) is 0 Å². The molecule has 1 fully saturated rings. The van der Waals surface area contributed by atoms with Crippen molar-refractivity contribution in [2.45, 2.75) is 13.0 Å². The summed E-state index contributed by atoms with van der Waals surface area (Å²) < 4.78 is 2.50. The molecular formula is C20H25N3. The Morgan fingerprint density at radius 3 is 1.91 bits per heavy atom. The van der Waals surface area contributed by atoms with Gasteiger partial charge in [-0.3, -0.25) is 0 Å². The smallest absolute Gasteiger partial charge is 0.0491 e. The zero-order valence-electron chi connectivity index (χ0n) is 13.9. The molecule has 3 aromatic rings. The minimum Gasteiger partial charge on any atom is -0.340 e. The van der Waals surface area contributed by atoms with Crippen LogP contribution in [0.15, 0.2) is 48.5 Å². The second kappa shape index (κ2) is 6.34. The zero-order chi connectivity index (χ0) is 15.6. The highest BCUT2D eigenvalue weighted by Gasteiger charge is 2.14. The molecule has 0 bridgehead atoms. The Hall–Kier alpha value is -1.84. The maximum atomic E-state index is 2.61. The molecule has 0 amide bonds. The van der Waals surface area contributed by atoms with Gasteiger partial charge >= 0.3 is 0 Å². The molecule has 0 spiro atoms. The monoisotopic (exact) mass is 307 g/mol. The summed E-state index contributed by atoms with van der Waals surface area (Å²) in [6.07, 6.45) is 1.21. The van der Waals surface area contributed by atoms with E-state index in [0.29, 0.717) is 0 Å². The predicted molar refractivity (Wildman–Crippen MR) is 98.0 cm³/mol. The van der Waals surface area contributed by atoms with Crippen molar-refractivity contribution in [3.8, 4) is 0 Å². The van der Waals surface area contributed by atoms with Gasteiger partial charge in [-0.2, -0.15) is 0 Å². The lowest BCUT2D eigenvalue weighted by molar-refractivity contribution is 0.151. The van der Waals surface area contributed by atoms with E-state index in [1.165, 1.54) is 61.0 Å². The maximum absolute atomic E-state index is 2.61. The highest BCUT2D eigenvalue weighted by atomic mass is 15.2. The largest absolute Gasteiger partial charge is 0.340 e. The van der Waals surface area contributed by atoms with E-state index in [9.17, 15) is 0 Å². The third-order valence-electron chi connectivity index (χ3n) is 5.13. The standard InChI is InChI=1S/C20H25N3/c1-21-13-15-22(16-14-21)11-6-12-23-19-9-4-2-7-17(19)18-8-3-5-10-20(18)23/h2-5,7-10H,6,11-16H2,1H3. The van der Waals surface area contributed by atoms with E-state index in [1.54, 1.807) is 0 Å². The fourth-order valence-corrected chi connectivity index (χ4v) is 3.77. The molecule has 0 unspecified atom stereocenters. The maximum Gasteiger partial charge on any atom is 0.0491 e. The molecule has 0 atom stereocenters. The zero-order valence-corrected chi connectivity index (χ0v) is 13.9. The second-order valence-electron chi connectivity index (χ2n) is 6.68. The summed E-state index contributed by atoms with van der Waals surface area (Å²) in [5.74, 6) is 0. The van der Waals surface area contributed by atoms with E-state index >= 15 is 0 Å². The molecule has 1 aliphatic heterocycles. The number of nitrogens with zero attached hydrogens (tertiary/aromatic N) is 3. The highest BCUT2D eigenvalue weighted by molar-refractivity contribution is 6.07. The van der Waals surface area contributed by atoms with Gasteiger partial charge in [0, 0.05) is 54.5 Å². The van der Waals surface area contributed by atoms with Crippen molar-refractivity contribution in [2.24, 2.45) is 0 Å². The fourth-order valence-electron chi connectivity index (χ4n) is 3.77. The van der Waals surface area contributed by atoms with E-state index in [0.717, 1.165) is 6.54 Å². The van der Waals surface area contributed by atoms with Gasteiger partial charge in [0.05, 0.1) is 0 Å². The third-order valence-corrected chi connectivity index (χ3v) is 5.13. The highest BCUT2D eigenvalue weighted by Crippen LogP contribution is 2.28. The first kappa shape index (κ1) is 14.7. The molecule has 3 heteroatoms. The normalized spacial score (nSPS) is 17.3. The first-order valence-electron chi connectivity index (χ1n) is 8.70. The van der Waals surface area contributed by atoms with Gasteiger partial charge in [0.1, 0.15) is 0 Å². The summed E-state index contributed by atoms with van der Waals surface area (Å²) in [6, 6.07) is 17.6. The van der Waals surface area contributed by atoms with E-state index in [-0.39, 0.29) is 0 Å². The molecule has 0 saturated carbocycles. The lowest BCUT2D eigenvalue weighted by atomic mass is 10.2. The number of fused-ring (bicyclic) bond motifs is 3. The molecular weight excluding hydrogens is 282 g/mol. The van der Waals surface area contributed by atoms with Gasteiger partial charge in [-0.15, -0.1) is 0 Å². The molecule has 1 aromatic heterocycles. The Morgan fingerprint density at radius 2 is 1.30 bits per heavy atom. The van der Waals surface area contributed by atoms with Crippen molar-refractivity contribution >= 4 is 21.8 Å². The van der Waals surface area contributed by atoms with Gasteiger partial charge < -0.3 is 14.4 Å². The first-order valence-corrected chi connectivity index (χ1v) is 8.70. The Balaban J connectivity index is 1.54. The van der Waals surface area contributed by atoms with Crippen molar-refractivity contribution in [1.82, 2.24) is 14.4 Å². The summed E-state index contributed by atoms with van der Waals surface area (Å²) in [5, 5.41) is 2.75. The van der Waals surface area contributed by atoms with Crippen LogP contribution < -0.4 is 0 Å². The quantitative estimate of drug-likeness (QED) is 0.731. The fraction of sp³-hybridized carbons (Fsp3) is 0.400. The summed E-state index contributed by atoms with van der Waals surface area (Å²) >= 11 is 0. The van der Waals surface area contributed by atoms with Crippen molar-refractivity contribution < 1.29 is 0 Å². The lowest BCUT2D eigenvalue weighted by Gasteiger charge is -2.32. The Labute approximate surface area is 138 Å². The molecule has 120 valence electrons. The van der Waals surface area contributed by atoms with Crippen LogP contribution >= 0.6 is 0 Å². The molecule has 1 aliphatic rings. The number of hydrogen-bond acceptors (Lipinski definition) is 2. The second-order valence-corrected chi connectivity index (χ2v) is 6.68. The molecule has 2 aromatic carbocycles. The number of rotatable bonds is 4. The minimum atomic E-state index is 1.10. The van der Waals surface area contributed by atoms with E-state index in [1.807, 2.05) is 0 Å². The first-order chi connectivity index (χ1) is 11.3. The van der Waals surface area contributed by atoms with Crippen LogP contribution in [-0.4, -0.2) is 54.1 Å². The van der Waals surface area contributed by atoms with Gasteiger partial charge in [0.2, 0.25) is 0 Å². The van der Waals surface area contributed by atoms with Crippen LogP contribution in [-0.2, 0) is 6.54 Å². The Bertz CT molecular complexity index is 744. The molecule has 23 heavy (non-hydrogen) atoms. The summed E-state index contributed by atoms with van der Waals surface area (Å²) in [6.45, 7) is 7.13. The average Bonchev–Trinajstić information content (AvgIpc) is 2.91. The Morgan fingerprint density at radius 1 is 0.739 bits per heavy atom. The third kappa shape index (κ3) is 2.87. The number of benzene rings is 2. The molecule has 3 nitrogen and oxygen atoms in total. The van der Waals surface area contributed by atoms with Gasteiger partial charge in [-0.05, 0) is 32.1 Å². The Kier molecular flexibility index (Phi) is 4.06. The molecule has 4 rings (SSSR count). The van der Waals surface area contributed by atoms with Crippen LogP contribution in [0.2, 0.25) is 0 Å². The van der Waals surface area contributed by atoms with E-state index in [2.05, 4.69) is 69.9 Å². The average molecular weight is 307 g/mol. The number of aromatic nitrogens is 1. The van der Waals surface area contributed by atoms with Crippen LogP contribution in [0.3, 0.4) is 0 Å². The van der Waals surface area contributed by atoms with Crippen LogP contribution in [0.25, 0.3) is 21.8 Å². The molecule has 2 heterocycles. The number of para-hydroxylation sites is 2. The SMILES string of the molecule is CN1CCN(CCCn2c3ccccc3c3ccccc32)CC1. The summed E-state index contributed by atoms with van der Waals surface area (Å²) in [7, 11) is 2.22. The summed E-state index contributed by atoms with van der Waals surface area (Å²) in [4.78, 5) is 5.03. The minimum absolute atomic E-state index is 1.10. The number of hydrogen-bond donors (Lipinski definition) is 0. The summed E-state index contributed by atoms with van der Waals surface area (Å²) in [5.41, 5.74) is 2.74. The van der Waals surface area contributed by atoms with Crippen molar-refractivity contribution in [3.05, 3.63) is 48.5 Å². The molecule has 1 saturated heterocycles. The number of piperazine rings is 1. The van der Waals surface area contributed by atoms with Crippen molar-refractivity contribution in [1.29, 1.82) is 0 Å². The van der Waals surface area contributed by atoms with E-state index in [4.69, 9.17) is 0 Å². The van der Waals surface area contributed by atoms with E-state index < -0.39 is 0 Å². The lowest BCUT2D eigenvalue weighted by Crippen LogP contribution is -2.44. The number of likely N-dealkylation sites (N-methyl/N-ethyl adjacent to an activating group) is 1. The van der Waals surface area contributed by atoms with Gasteiger partial charge in [-0.1, -0.05) is 36.4 Å². The van der Waals surface area contributed by atoms with Gasteiger partial charge in [0.15, 0.2) is 0 Å². The molecule has 0 radical (unpaired) electrons. The van der Waals surface area contributed by atoms with Crippen LogP contribution in [0, 0.1) is 0 Å². The van der Waals surface area contributed by atoms with Gasteiger partial charge in [-0.25, -0.2) is 0 Å². The van der Waals surface area contributed by atoms with Crippen molar-refractivity contribution in [2.75, 3.05) is 39.8 Å². The predicted octanol–water partition coefficient (Wildman–Crippen LogP) is 3.43.